The van der Waals surface area contributed by atoms with Crippen LogP contribution in [0.1, 0.15) is 16.1 Å². The maximum Gasteiger partial charge on any atom is 0.153 e. The Balaban J connectivity index is 2.59. The Kier molecular flexibility index (Phi) is 3.52. The molecule has 0 saturated heterocycles. The van der Waals surface area contributed by atoms with E-state index in [1.54, 1.807) is 0 Å². The van der Waals surface area contributed by atoms with Crippen LogP contribution in [0.4, 0.5) is 8.78 Å². The van der Waals surface area contributed by atoms with E-state index in [0.717, 1.165) is 18.2 Å². The second kappa shape index (κ2) is 5.11. The number of aliphatic hydroxyl groups excluding tert-OH is 1. The SMILES string of the molecule is O=Cc1cc(F)c(-c2ccc(F)c(CO)n2)cc1O. The predicted molar refractivity (Wildman–Crippen MR) is 62.6 cm³/mol. The van der Waals surface area contributed by atoms with Crippen molar-refractivity contribution < 1.29 is 23.8 Å². The van der Waals surface area contributed by atoms with Gasteiger partial charge in [-0.25, -0.2) is 13.8 Å². The van der Waals surface area contributed by atoms with Crippen LogP contribution in [0.2, 0.25) is 0 Å². The Morgan fingerprint density at radius 2 is 1.95 bits per heavy atom. The number of aromatic hydroxyl groups is 1. The molecule has 0 radical (unpaired) electrons. The molecule has 6 heteroatoms. The van der Waals surface area contributed by atoms with Gasteiger partial charge in [0.2, 0.25) is 0 Å². The van der Waals surface area contributed by atoms with Crippen LogP contribution >= 0.6 is 0 Å². The molecule has 0 unspecified atom stereocenters. The molecule has 2 N–H and O–H groups in total. The zero-order valence-electron chi connectivity index (χ0n) is 9.60. The number of aromatic nitrogens is 1. The van der Waals surface area contributed by atoms with Gasteiger partial charge in [-0.2, -0.15) is 0 Å². The number of carbonyl (C=O) groups excluding carboxylic acids is 1. The van der Waals surface area contributed by atoms with Gasteiger partial charge in [0.1, 0.15) is 23.1 Å². The summed E-state index contributed by atoms with van der Waals surface area (Å²) in [6.45, 7) is -0.625. The second-order valence-electron chi connectivity index (χ2n) is 3.79. The van der Waals surface area contributed by atoms with E-state index in [0.29, 0.717) is 6.29 Å². The Hall–Kier alpha value is -2.34. The molecule has 1 aromatic carbocycles. The number of hydrogen-bond donors (Lipinski definition) is 2. The van der Waals surface area contributed by atoms with Crippen LogP contribution < -0.4 is 0 Å². The summed E-state index contributed by atoms with van der Waals surface area (Å²) in [4.78, 5) is 14.3. The lowest BCUT2D eigenvalue weighted by Gasteiger charge is -2.07. The van der Waals surface area contributed by atoms with Crippen molar-refractivity contribution in [2.75, 3.05) is 0 Å². The normalized spacial score (nSPS) is 10.5. The number of aliphatic hydroxyl groups is 1. The van der Waals surface area contributed by atoms with Crippen molar-refractivity contribution >= 4 is 6.29 Å². The van der Waals surface area contributed by atoms with E-state index >= 15 is 0 Å². The van der Waals surface area contributed by atoms with Crippen molar-refractivity contribution in [1.29, 1.82) is 0 Å². The molecule has 0 spiro atoms. The Bertz CT molecular complexity index is 644. The third kappa shape index (κ3) is 2.43. The van der Waals surface area contributed by atoms with Crippen molar-refractivity contribution in [3.63, 3.8) is 0 Å². The van der Waals surface area contributed by atoms with Crippen molar-refractivity contribution in [3.05, 3.63) is 47.2 Å². The topological polar surface area (TPSA) is 70.4 Å². The van der Waals surface area contributed by atoms with E-state index in [4.69, 9.17) is 5.11 Å². The molecule has 2 rings (SSSR count). The molecule has 4 nitrogen and oxygen atoms in total. The minimum atomic E-state index is -0.775. The summed E-state index contributed by atoms with van der Waals surface area (Å²) < 4.78 is 26.9. The molecule has 98 valence electrons. The van der Waals surface area contributed by atoms with Gasteiger partial charge in [-0.1, -0.05) is 0 Å². The number of nitrogens with zero attached hydrogens (tertiary/aromatic N) is 1. The van der Waals surface area contributed by atoms with Crippen LogP contribution in [0.3, 0.4) is 0 Å². The highest BCUT2D eigenvalue weighted by Gasteiger charge is 2.13. The molecule has 0 bridgehead atoms. The van der Waals surface area contributed by atoms with Gasteiger partial charge in [0.15, 0.2) is 6.29 Å². The van der Waals surface area contributed by atoms with Gasteiger partial charge in [-0.05, 0) is 24.3 Å². The Labute approximate surface area is 107 Å². The quantitative estimate of drug-likeness (QED) is 0.833. The summed E-state index contributed by atoms with van der Waals surface area (Å²) in [7, 11) is 0. The molecular weight excluding hydrogens is 256 g/mol. The average molecular weight is 265 g/mol. The lowest BCUT2D eigenvalue weighted by molar-refractivity contribution is 0.112. The Morgan fingerprint density at radius 1 is 1.21 bits per heavy atom. The number of rotatable bonds is 3. The fourth-order valence-corrected chi connectivity index (χ4v) is 1.61. The van der Waals surface area contributed by atoms with E-state index in [2.05, 4.69) is 4.98 Å². The lowest BCUT2D eigenvalue weighted by Crippen LogP contribution is -1.98. The van der Waals surface area contributed by atoms with Gasteiger partial charge in [0.25, 0.3) is 0 Å². The second-order valence-corrected chi connectivity index (χ2v) is 3.79. The predicted octanol–water partition coefficient (Wildman–Crippen LogP) is 2.04. The summed E-state index contributed by atoms with van der Waals surface area (Å²) in [5.74, 6) is -1.88. The highest BCUT2D eigenvalue weighted by molar-refractivity contribution is 5.81. The fraction of sp³-hybridized carbons (Fsp3) is 0.0769. The van der Waals surface area contributed by atoms with E-state index in [1.165, 1.54) is 6.07 Å². The minimum Gasteiger partial charge on any atom is -0.507 e. The highest BCUT2D eigenvalue weighted by Crippen LogP contribution is 2.28. The van der Waals surface area contributed by atoms with E-state index < -0.39 is 24.0 Å². The van der Waals surface area contributed by atoms with Crippen LogP contribution in [-0.4, -0.2) is 21.5 Å². The van der Waals surface area contributed by atoms with Crippen molar-refractivity contribution in [2.24, 2.45) is 0 Å². The first-order chi connectivity index (χ1) is 9.06. The number of aldehydes is 1. The van der Waals surface area contributed by atoms with E-state index in [1.807, 2.05) is 0 Å². The standard InChI is InChI=1S/C13H9F2NO3/c14-9-1-2-11(16-12(9)6-18)8-4-13(19)7(5-17)3-10(8)15/h1-5,18-19H,6H2. The molecule has 0 amide bonds. The van der Waals surface area contributed by atoms with E-state index in [9.17, 15) is 18.7 Å². The average Bonchev–Trinajstić information content (AvgIpc) is 2.41. The first kappa shape index (κ1) is 13.1. The van der Waals surface area contributed by atoms with Crippen LogP contribution in [0.5, 0.6) is 5.75 Å². The number of hydrogen-bond acceptors (Lipinski definition) is 4. The molecule has 1 heterocycles. The highest BCUT2D eigenvalue weighted by atomic mass is 19.1. The molecule has 0 aliphatic heterocycles. The zero-order valence-corrected chi connectivity index (χ0v) is 9.60. The van der Waals surface area contributed by atoms with E-state index in [-0.39, 0.29) is 22.5 Å². The van der Waals surface area contributed by atoms with Gasteiger partial charge in [-0.3, -0.25) is 4.79 Å². The smallest absolute Gasteiger partial charge is 0.153 e. The maximum absolute atomic E-state index is 13.8. The summed E-state index contributed by atoms with van der Waals surface area (Å²) in [6.07, 6.45) is 0.319. The zero-order chi connectivity index (χ0) is 14.0. The van der Waals surface area contributed by atoms with Gasteiger partial charge >= 0.3 is 0 Å². The molecule has 0 aliphatic carbocycles. The van der Waals surface area contributed by atoms with Gasteiger partial charge in [0, 0.05) is 5.56 Å². The molecule has 2 aromatic rings. The maximum atomic E-state index is 13.8. The minimum absolute atomic E-state index is 0.0516. The summed E-state index contributed by atoms with van der Waals surface area (Å²) in [5.41, 5.74) is -0.449. The number of phenols is 1. The van der Waals surface area contributed by atoms with Crippen molar-refractivity contribution in [3.8, 4) is 17.0 Å². The third-order valence-electron chi connectivity index (χ3n) is 2.59. The largest absolute Gasteiger partial charge is 0.507 e. The molecule has 0 aliphatic rings. The van der Waals surface area contributed by atoms with Crippen LogP contribution in [0.15, 0.2) is 24.3 Å². The Morgan fingerprint density at radius 3 is 2.58 bits per heavy atom. The van der Waals surface area contributed by atoms with Crippen LogP contribution in [0, 0.1) is 11.6 Å². The fourth-order valence-electron chi connectivity index (χ4n) is 1.61. The number of halogens is 2. The van der Waals surface area contributed by atoms with Crippen molar-refractivity contribution in [2.45, 2.75) is 6.61 Å². The van der Waals surface area contributed by atoms with Gasteiger partial charge in [0.05, 0.1) is 17.9 Å². The number of carbonyl (C=O) groups is 1. The first-order valence-electron chi connectivity index (χ1n) is 5.31. The lowest BCUT2D eigenvalue weighted by atomic mass is 10.1. The molecule has 0 saturated carbocycles. The monoisotopic (exact) mass is 265 g/mol. The summed E-state index contributed by atoms with van der Waals surface area (Å²) in [6, 6.07) is 4.15. The molecule has 19 heavy (non-hydrogen) atoms. The van der Waals surface area contributed by atoms with Gasteiger partial charge < -0.3 is 10.2 Å². The van der Waals surface area contributed by atoms with Crippen molar-refractivity contribution in [1.82, 2.24) is 4.98 Å². The summed E-state index contributed by atoms with van der Waals surface area (Å²) >= 11 is 0. The number of pyridine rings is 1. The first-order valence-corrected chi connectivity index (χ1v) is 5.31. The molecular formula is C13H9F2NO3. The molecule has 1 aromatic heterocycles. The summed E-state index contributed by atoms with van der Waals surface area (Å²) in [5, 5.41) is 18.4. The third-order valence-corrected chi connectivity index (χ3v) is 2.59. The molecule has 0 fully saturated rings. The van der Waals surface area contributed by atoms with Crippen LogP contribution in [-0.2, 0) is 6.61 Å². The van der Waals surface area contributed by atoms with Crippen LogP contribution in [0.25, 0.3) is 11.3 Å². The van der Waals surface area contributed by atoms with Gasteiger partial charge in [-0.15, -0.1) is 0 Å². The number of benzene rings is 1. The molecule has 0 atom stereocenters. The number of phenolic OH excluding ortho intramolecular Hbond substituents is 1.